The van der Waals surface area contributed by atoms with Gasteiger partial charge in [0.1, 0.15) is 30.5 Å². The molecule has 0 aromatic rings. The molecule has 3 saturated heterocycles. The van der Waals surface area contributed by atoms with Crippen LogP contribution >= 0.6 is 0 Å². The molecule has 0 bridgehead atoms. The first kappa shape index (κ1) is 79.4. The summed E-state index contributed by atoms with van der Waals surface area (Å²) >= 11 is 0. The summed E-state index contributed by atoms with van der Waals surface area (Å²) < 4.78 is 38.8. The summed E-state index contributed by atoms with van der Waals surface area (Å²) in [5.41, 5.74) is -1.31. The van der Waals surface area contributed by atoms with Crippen LogP contribution in [-0.4, -0.2) is 261 Å². The number of carbonyl (C=O) groups excluding carboxylic acids is 8. The Hall–Kier alpha value is -4.84. The Morgan fingerprint density at radius 1 is 0.356 bits per heavy atom. The van der Waals surface area contributed by atoms with E-state index in [-0.39, 0.29) is 178 Å². The predicted octanol–water partition coefficient (Wildman–Crippen LogP) is -3.91. The SMILES string of the molecule is COCCCNC(=O)CCCC(=O)NC(CCC(=O)NCCCNC(=O)CCO[C@@H]1OC(CO)[C@H](O)[C@H](C)C1C)(CCC(=O)NCCCNC(=O)CCO[C@@H]1OC(CO)[C@H](O)[C@H](O)C1C)CCC(=O)NCCCNC(=O)CCO[C@@H]1OC(CO)[C@H](O)[C@H](O)C1C. The van der Waals surface area contributed by atoms with Crippen LogP contribution in [0.25, 0.3) is 0 Å². The summed E-state index contributed by atoms with van der Waals surface area (Å²) in [5, 5.41) is 102. The highest BCUT2D eigenvalue weighted by Crippen LogP contribution is 2.32. The van der Waals surface area contributed by atoms with E-state index in [1.54, 1.807) is 21.0 Å². The minimum Gasteiger partial charge on any atom is -0.394 e. The molecule has 0 aliphatic carbocycles. The monoisotopic (exact) mass is 1290 g/mol. The number of amides is 8. The van der Waals surface area contributed by atoms with Crippen LogP contribution in [0.2, 0.25) is 0 Å². The molecule has 0 aromatic heterocycles. The van der Waals surface area contributed by atoms with E-state index in [9.17, 15) is 79.2 Å². The zero-order valence-electron chi connectivity index (χ0n) is 53.1. The number of nitrogens with one attached hydrogen (secondary N) is 8. The third-order valence-corrected chi connectivity index (χ3v) is 16.4. The maximum atomic E-state index is 13.8. The number of carbonyl (C=O) groups is 8. The first-order chi connectivity index (χ1) is 43.0. The van der Waals surface area contributed by atoms with Gasteiger partial charge in [-0.05, 0) is 57.3 Å². The van der Waals surface area contributed by atoms with Crippen LogP contribution in [0.15, 0.2) is 0 Å². The van der Waals surface area contributed by atoms with E-state index >= 15 is 0 Å². The van der Waals surface area contributed by atoms with Crippen LogP contribution in [0, 0.1) is 23.7 Å². The first-order valence-corrected chi connectivity index (χ1v) is 31.7. The zero-order valence-corrected chi connectivity index (χ0v) is 53.1. The lowest BCUT2D eigenvalue weighted by atomic mass is 9.82. The van der Waals surface area contributed by atoms with Gasteiger partial charge in [-0.2, -0.15) is 0 Å². The molecule has 15 atom stereocenters. The van der Waals surface area contributed by atoms with Crippen molar-refractivity contribution in [2.75, 3.05) is 99.2 Å². The quantitative estimate of drug-likeness (QED) is 0.0259. The maximum Gasteiger partial charge on any atom is 0.222 e. The fraction of sp³-hybridized carbons (Fsp3) is 0.864. The van der Waals surface area contributed by atoms with E-state index in [0.717, 1.165) is 0 Å². The van der Waals surface area contributed by atoms with Crippen molar-refractivity contribution < 1.29 is 112 Å². The van der Waals surface area contributed by atoms with Crippen molar-refractivity contribution in [1.29, 1.82) is 0 Å². The van der Waals surface area contributed by atoms with Gasteiger partial charge in [0, 0.05) is 115 Å². The summed E-state index contributed by atoms with van der Waals surface area (Å²) in [6.07, 6.45) is -10.3. The van der Waals surface area contributed by atoms with Crippen molar-refractivity contribution in [1.82, 2.24) is 42.5 Å². The number of aliphatic hydroxyl groups is 8. The van der Waals surface area contributed by atoms with Gasteiger partial charge >= 0.3 is 0 Å². The van der Waals surface area contributed by atoms with Gasteiger partial charge in [-0.3, -0.25) is 38.4 Å². The van der Waals surface area contributed by atoms with Gasteiger partial charge in [0.2, 0.25) is 47.3 Å². The van der Waals surface area contributed by atoms with Crippen molar-refractivity contribution >= 4 is 47.3 Å². The highest BCUT2D eigenvalue weighted by molar-refractivity contribution is 5.81. The fourth-order valence-electron chi connectivity index (χ4n) is 10.3. The number of methoxy groups -OCH3 is 1. The van der Waals surface area contributed by atoms with Gasteiger partial charge in [0.25, 0.3) is 0 Å². The smallest absolute Gasteiger partial charge is 0.222 e. The fourth-order valence-corrected chi connectivity index (χ4v) is 10.3. The number of ether oxygens (including phenoxy) is 7. The van der Waals surface area contributed by atoms with Crippen LogP contribution in [0.3, 0.4) is 0 Å². The Morgan fingerprint density at radius 3 is 1.00 bits per heavy atom. The molecule has 0 spiro atoms. The van der Waals surface area contributed by atoms with Gasteiger partial charge in [0.05, 0.1) is 77.2 Å². The van der Waals surface area contributed by atoms with Crippen LogP contribution in [-0.2, 0) is 71.5 Å². The van der Waals surface area contributed by atoms with Crippen LogP contribution in [0.4, 0.5) is 0 Å². The van der Waals surface area contributed by atoms with Gasteiger partial charge in [0.15, 0.2) is 18.9 Å². The summed E-state index contributed by atoms with van der Waals surface area (Å²) in [6.45, 7) is 7.20. The Bertz CT molecular complexity index is 1940. The van der Waals surface area contributed by atoms with Gasteiger partial charge < -0.3 is 117 Å². The van der Waals surface area contributed by atoms with E-state index < -0.39 is 122 Å². The molecule has 90 heavy (non-hydrogen) atoms. The molecule has 3 heterocycles. The summed E-state index contributed by atoms with van der Waals surface area (Å²) in [7, 11) is 1.55. The van der Waals surface area contributed by atoms with Crippen LogP contribution in [0.5, 0.6) is 0 Å². The molecule has 6 unspecified atom stereocenters. The molecule has 16 N–H and O–H groups in total. The Morgan fingerprint density at radius 2 is 0.656 bits per heavy atom. The minimum atomic E-state index is -1.31. The van der Waals surface area contributed by atoms with E-state index in [4.69, 9.17) is 33.2 Å². The molecule has 3 aliphatic heterocycles. The first-order valence-electron chi connectivity index (χ1n) is 31.7. The number of hydrogen-bond acceptors (Lipinski definition) is 23. The van der Waals surface area contributed by atoms with Crippen molar-refractivity contribution in [2.45, 2.75) is 204 Å². The van der Waals surface area contributed by atoms with E-state index in [0.29, 0.717) is 38.8 Å². The number of hydrogen-bond donors (Lipinski definition) is 16. The molecular weight excluding hydrogens is 1190 g/mol. The normalized spacial score (nSPS) is 27.3. The lowest BCUT2D eigenvalue weighted by Gasteiger charge is -2.41. The molecular formula is C59H106N8O23. The second-order valence-corrected chi connectivity index (χ2v) is 23.5. The number of rotatable bonds is 45. The van der Waals surface area contributed by atoms with E-state index in [1.807, 2.05) is 13.8 Å². The lowest BCUT2D eigenvalue weighted by Crippen LogP contribution is -2.55. The summed E-state index contributed by atoms with van der Waals surface area (Å²) in [5.74, 6) is -4.68. The molecule has 8 amide bonds. The highest BCUT2D eigenvalue weighted by Gasteiger charge is 2.44. The van der Waals surface area contributed by atoms with Gasteiger partial charge in [-0.25, -0.2) is 0 Å². The van der Waals surface area contributed by atoms with Crippen molar-refractivity contribution in [3.8, 4) is 0 Å². The molecule has 3 aliphatic rings. The minimum absolute atomic E-state index is 0.00937. The molecule has 0 saturated carbocycles. The van der Waals surface area contributed by atoms with Crippen molar-refractivity contribution in [3.63, 3.8) is 0 Å². The maximum absolute atomic E-state index is 13.8. The second kappa shape index (κ2) is 43.9. The van der Waals surface area contributed by atoms with E-state index in [1.165, 1.54) is 0 Å². The van der Waals surface area contributed by atoms with Gasteiger partial charge in [-0.15, -0.1) is 0 Å². The summed E-state index contributed by atoms with van der Waals surface area (Å²) in [4.78, 5) is 105. The van der Waals surface area contributed by atoms with Crippen LogP contribution in [0.1, 0.15) is 130 Å². The Kier molecular flexibility index (Phi) is 38.7. The average molecular weight is 1300 g/mol. The van der Waals surface area contributed by atoms with Crippen LogP contribution < -0.4 is 42.5 Å². The van der Waals surface area contributed by atoms with Crippen molar-refractivity contribution in [2.24, 2.45) is 23.7 Å². The molecule has 31 heteroatoms. The third kappa shape index (κ3) is 29.4. The number of aliphatic hydroxyl groups excluding tert-OH is 8. The van der Waals surface area contributed by atoms with Gasteiger partial charge in [-0.1, -0.05) is 27.7 Å². The van der Waals surface area contributed by atoms with Crippen molar-refractivity contribution in [3.05, 3.63) is 0 Å². The predicted molar refractivity (Wildman–Crippen MR) is 319 cm³/mol. The highest BCUT2D eigenvalue weighted by atomic mass is 16.7. The average Bonchev–Trinajstić information content (AvgIpc) is 1.14. The second-order valence-electron chi connectivity index (χ2n) is 23.5. The molecule has 0 aromatic carbocycles. The molecule has 3 rings (SSSR count). The lowest BCUT2D eigenvalue weighted by molar-refractivity contribution is -0.282. The van der Waals surface area contributed by atoms with E-state index in [2.05, 4.69) is 42.5 Å². The topological polar surface area (TPSA) is 459 Å². The molecule has 0 radical (unpaired) electrons. The summed E-state index contributed by atoms with van der Waals surface area (Å²) in [6, 6.07) is 0. The standard InChI is InChI=1S/C59H106N8O23/c1-36-37(2)56(88-40(33-68)51(36)79)85-30-16-47(75)63-25-7-22-60-44(72)13-19-59(67-50(78)12-6-11-43(71)66-28-10-29-84-5,20-14-45(73)61-23-8-26-64-48(76)17-31-86-57-38(3)52(80)54(82)41(34-69)89-57)21-15-46(74)62-24-9-27-65-49(77)18-32-87-58-39(4)53(81)55(83)42(35-70)90-58/h36-42,51-58,68-70,79-83H,6-35H2,1-5H3,(H,60,72)(H,61,73)(H,62,74)(H,63,75)(H,64,76)(H,65,77)(H,66,71)(H,67,78)/t36-,37?,38?,39?,40?,41?,42?,51-,52-,53-,54+,55+,56-,57-,58-,59?/m1/s1. The molecule has 3 fully saturated rings. The largest absolute Gasteiger partial charge is 0.394 e. The molecule has 31 nitrogen and oxygen atoms in total. The Labute approximate surface area is 527 Å². The third-order valence-electron chi connectivity index (χ3n) is 16.4. The Balaban J connectivity index is 1.61. The zero-order chi connectivity index (χ0) is 66.6. The molecule has 520 valence electrons.